The molecule has 2 aromatic heterocycles. The maximum absolute atomic E-state index is 10.9. The minimum absolute atomic E-state index is 0.0627. The number of thiazole rings is 1. The van der Waals surface area contributed by atoms with Gasteiger partial charge in [0.2, 0.25) is 0 Å². The number of hydrogen-bond acceptors (Lipinski definition) is 6. The standard InChI is InChI=1S/C9H9ClN4OS2/c1-16-8-13-6(10)2-7(14-8)11-3-5-4-17-9(15)12-5/h2,4H,3H2,1H3,(H,12,15)(H,11,13,14). The van der Waals surface area contributed by atoms with Crippen molar-refractivity contribution in [2.75, 3.05) is 11.6 Å². The molecule has 2 rings (SSSR count). The molecule has 0 spiro atoms. The number of hydrogen-bond donors (Lipinski definition) is 2. The molecule has 0 saturated carbocycles. The van der Waals surface area contributed by atoms with Crippen LogP contribution in [0.2, 0.25) is 5.15 Å². The zero-order valence-electron chi connectivity index (χ0n) is 8.86. The van der Waals surface area contributed by atoms with E-state index >= 15 is 0 Å². The van der Waals surface area contributed by atoms with E-state index in [9.17, 15) is 4.79 Å². The average molecular weight is 289 g/mol. The van der Waals surface area contributed by atoms with Crippen molar-refractivity contribution in [1.82, 2.24) is 15.0 Å². The first-order valence-electron chi connectivity index (χ1n) is 4.66. The summed E-state index contributed by atoms with van der Waals surface area (Å²) in [7, 11) is 0. The van der Waals surface area contributed by atoms with E-state index in [1.807, 2.05) is 6.26 Å². The largest absolute Gasteiger partial charge is 0.364 e. The van der Waals surface area contributed by atoms with Gasteiger partial charge in [-0.25, -0.2) is 9.97 Å². The molecule has 5 nitrogen and oxygen atoms in total. The van der Waals surface area contributed by atoms with Crippen molar-refractivity contribution in [3.8, 4) is 0 Å². The third kappa shape index (κ3) is 3.45. The normalized spacial score (nSPS) is 10.5. The molecule has 0 aliphatic carbocycles. The highest BCUT2D eigenvalue weighted by Gasteiger charge is 2.03. The van der Waals surface area contributed by atoms with E-state index < -0.39 is 0 Å². The van der Waals surface area contributed by atoms with Crippen LogP contribution in [0.3, 0.4) is 0 Å². The first-order valence-corrected chi connectivity index (χ1v) is 7.15. The van der Waals surface area contributed by atoms with Gasteiger partial charge in [-0.1, -0.05) is 34.7 Å². The number of aromatic amines is 1. The molecular weight excluding hydrogens is 280 g/mol. The van der Waals surface area contributed by atoms with Gasteiger partial charge in [-0.2, -0.15) is 0 Å². The maximum Gasteiger partial charge on any atom is 0.304 e. The minimum Gasteiger partial charge on any atom is -0.364 e. The van der Waals surface area contributed by atoms with Gasteiger partial charge in [-0.15, -0.1) is 0 Å². The van der Waals surface area contributed by atoms with Crippen molar-refractivity contribution in [1.29, 1.82) is 0 Å². The first kappa shape index (κ1) is 12.4. The van der Waals surface area contributed by atoms with Crippen molar-refractivity contribution in [2.45, 2.75) is 11.7 Å². The maximum atomic E-state index is 10.9. The Morgan fingerprint density at radius 3 is 3.06 bits per heavy atom. The molecule has 0 amide bonds. The van der Waals surface area contributed by atoms with Gasteiger partial charge in [0, 0.05) is 17.1 Å². The highest BCUT2D eigenvalue weighted by atomic mass is 35.5. The SMILES string of the molecule is CSc1nc(Cl)cc(NCc2csc(=O)[nH]2)n1. The van der Waals surface area contributed by atoms with Gasteiger partial charge in [0.15, 0.2) is 5.16 Å². The van der Waals surface area contributed by atoms with E-state index in [4.69, 9.17) is 11.6 Å². The number of nitrogens with one attached hydrogen (secondary N) is 2. The molecule has 2 aromatic rings. The summed E-state index contributed by atoms with van der Waals surface area (Å²) in [4.78, 5) is 21.9. The first-order chi connectivity index (χ1) is 8.17. The molecule has 0 fully saturated rings. The van der Waals surface area contributed by atoms with Crippen molar-refractivity contribution < 1.29 is 0 Å². The summed E-state index contributed by atoms with van der Waals surface area (Å²) in [5.41, 5.74) is 0.820. The molecule has 0 aliphatic heterocycles. The monoisotopic (exact) mass is 288 g/mol. The fourth-order valence-electron chi connectivity index (χ4n) is 1.16. The van der Waals surface area contributed by atoms with Crippen molar-refractivity contribution in [2.24, 2.45) is 0 Å². The summed E-state index contributed by atoms with van der Waals surface area (Å²) in [6, 6.07) is 1.64. The van der Waals surface area contributed by atoms with Crippen LogP contribution in [-0.4, -0.2) is 21.2 Å². The number of nitrogens with zero attached hydrogens (tertiary/aromatic N) is 2. The zero-order valence-corrected chi connectivity index (χ0v) is 11.2. The molecular formula is C9H9ClN4OS2. The summed E-state index contributed by atoms with van der Waals surface area (Å²) in [5.74, 6) is 0.640. The Labute approximate surface area is 111 Å². The van der Waals surface area contributed by atoms with Gasteiger partial charge in [0.05, 0.1) is 6.54 Å². The number of anilines is 1. The number of thioether (sulfide) groups is 1. The van der Waals surface area contributed by atoms with Gasteiger partial charge in [-0.05, 0) is 6.26 Å². The Bertz CT molecular complexity index is 568. The molecule has 0 aromatic carbocycles. The number of halogens is 1. The summed E-state index contributed by atoms with van der Waals surface area (Å²) in [6.07, 6.45) is 1.88. The fourth-order valence-corrected chi connectivity index (χ4v) is 2.36. The van der Waals surface area contributed by atoms with E-state index in [-0.39, 0.29) is 4.87 Å². The van der Waals surface area contributed by atoms with Crippen LogP contribution in [-0.2, 0) is 6.54 Å². The molecule has 90 valence electrons. The topological polar surface area (TPSA) is 70.7 Å². The lowest BCUT2D eigenvalue weighted by molar-refractivity contribution is 0.948. The van der Waals surface area contributed by atoms with Crippen LogP contribution in [0.25, 0.3) is 0 Å². The summed E-state index contributed by atoms with van der Waals surface area (Å²) in [6.45, 7) is 0.500. The van der Waals surface area contributed by atoms with Gasteiger partial charge in [0.25, 0.3) is 0 Å². The van der Waals surface area contributed by atoms with Crippen LogP contribution in [0.4, 0.5) is 5.82 Å². The van der Waals surface area contributed by atoms with Gasteiger partial charge in [-0.3, -0.25) is 4.79 Å². The van der Waals surface area contributed by atoms with Crippen LogP contribution in [0, 0.1) is 0 Å². The summed E-state index contributed by atoms with van der Waals surface area (Å²) in [5, 5.41) is 5.85. The molecule has 2 N–H and O–H groups in total. The smallest absolute Gasteiger partial charge is 0.304 e. The lowest BCUT2D eigenvalue weighted by Gasteiger charge is -2.05. The van der Waals surface area contributed by atoms with Crippen molar-refractivity contribution in [3.63, 3.8) is 0 Å². The van der Waals surface area contributed by atoms with Gasteiger partial charge < -0.3 is 10.3 Å². The predicted molar refractivity (Wildman–Crippen MR) is 71.1 cm³/mol. The molecule has 2 heterocycles. The molecule has 0 atom stereocenters. The van der Waals surface area contributed by atoms with Crippen molar-refractivity contribution in [3.05, 3.63) is 32.0 Å². The lowest BCUT2D eigenvalue weighted by Crippen LogP contribution is -2.05. The molecule has 0 bridgehead atoms. The molecule has 0 saturated heterocycles. The molecule has 0 unspecified atom stereocenters. The zero-order chi connectivity index (χ0) is 12.3. The highest BCUT2D eigenvalue weighted by molar-refractivity contribution is 7.98. The van der Waals surface area contributed by atoms with E-state index in [1.165, 1.54) is 11.8 Å². The number of aromatic nitrogens is 3. The van der Waals surface area contributed by atoms with Gasteiger partial charge in [0.1, 0.15) is 11.0 Å². The van der Waals surface area contributed by atoms with E-state index in [0.717, 1.165) is 17.0 Å². The number of H-pyrrole nitrogens is 1. The Balaban J connectivity index is 2.08. The highest BCUT2D eigenvalue weighted by Crippen LogP contribution is 2.17. The molecule has 0 radical (unpaired) electrons. The average Bonchev–Trinajstić information content (AvgIpc) is 2.72. The van der Waals surface area contributed by atoms with E-state index in [1.54, 1.807) is 11.4 Å². The second-order valence-corrected chi connectivity index (χ2v) is 5.09. The Hall–Kier alpha value is -1.05. The predicted octanol–water partition coefficient (Wildman–Crippen LogP) is 2.21. The number of rotatable bonds is 4. The Morgan fingerprint density at radius 1 is 1.59 bits per heavy atom. The van der Waals surface area contributed by atoms with Crippen LogP contribution < -0.4 is 10.2 Å². The fraction of sp³-hybridized carbons (Fsp3) is 0.222. The Morgan fingerprint density at radius 2 is 2.41 bits per heavy atom. The van der Waals surface area contributed by atoms with E-state index in [0.29, 0.717) is 22.7 Å². The van der Waals surface area contributed by atoms with Crippen molar-refractivity contribution >= 4 is 40.5 Å². The quantitative estimate of drug-likeness (QED) is 0.513. The summed E-state index contributed by atoms with van der Waals surface area (Å²) < 4.78 is 0. The minimum atomic E-state index is -0.0627. The molecule has 17 heavy (non-hydrogen) atoms. The molecule has 8 heteroatoms. The summed E-state index contributed by atoms with van der Waals surface area (Å²) >= 11 is 8.41. The van der Waals surface area contributed by atoms with Crippen LogP contribution in [0.5, 0.6) is 0 Å². The third-order valence-corrected chi connectivity index (χ3v) is 3.35. The van der Waals surface area contributed by atoms with Crippen LogP contribution >= 0.6 is 34.7 Å². The van der Waals surface area contributed by atoms with Crippen LogP contribution in [0.15, 0.2) is 21.4 Å². The lowest BCUT2D eigenvalue weighted by atomic mass is 10.4. The van der Waals surface area contributed by atoms with Crippen LogP contribution in [0.1, 0.15) is 5.69 Å². The second-order valence-electron chi connectivity index (χ2n) is 3.09. The third-order valence-electron chi connectivity index (χ3n) is 1.89. The second kappa shape index (κ2) is 5.52. The molecule has 0 aliphatic rings. The van der Waals surface area contributed by atoms with E-state index in [2.05, 4.69) is 20.3 Å². The Kier molecular flexibility index (Phi) is 4.03. The van der Waals surface area contributed by atoms with Gasteiger partial charge >= 0.3 is 4.87 Å².